The molecule has 6 heteroatoms. The maximum Gasteiger partial charge on any atom is 0.254 e. The van der Waals surface area contributed by atoms with Crippen molar-refractivity contribution in [1.29, 1.82) is 0 Å². The second-order valence-electron chi connectivity index (χ2n) is 6.86. The first kappa shape index (κ1) is 17.5. The Labute approximate surface area is 158 Å². The van der Waals surface area contributed by atoms with E-state index < -0.39 is 0 Å². The lowest BCUT2D eigenvalue weighted by Gasteiger charge is -2.36. The third-order valence-electron chi connectivity index (χ3n) is 5.20. The molecule has 0 bridgehead atoms. The second kappa shape index (κ2) is 7.40. The van der Waals surface area contributed by atoms with Crippen molar-refractivity contribution in [3.8, 4) is 5.75 Å². The summed E-state index contributed by atoms with van der Waals surface area (Å²) in [5, 5.41) is 0. The number of hydrogen-bond donors (Lipinski definition) is 0. The average Bonchev–Trinajstić information content (AvgIpc) is 3.15. The number of morpholine rings is 1. The minimum atomic E-state index is -0.145. The smallest absolute Gasteiger partial charge is 0.254 e. The molecule has 2 saturated heterocycles. The van der Waals surface area contributed by atoms with Gasteiger partial charge in [-0.2, -0.15) is 0 Å². The number of carbonyl (C=O) groups is 2. The topological polar surface area (TPSA) is 59.1 Å². The van der Waals surface area contributed by atoms with Gasteiger partial charge >= 0.3 is 0 Å². The van der Waals surface area contributed by atoms with Gasteiger partial charge in [-0.15, -0.1) is 0 Å². The van der Waals surface area contributed by atoms with E-state index in [9.17, 15) is 9.59 Å². The van der Waals surface area contributed by atoms with Gasteiger partial charge in [-0.25, -0.2) is 0 Å². The summed E-state index contributed by atoms with van der Waals surface area (Å²) in [4.78, 5) is 28.9. The number of nitrogens with zero attached hydrogens (tertiary/aromatic N) is 2. The van der Waals surface area contributed by atoms with E-state index in [1.165, 1.54) is 0 Å². The zero-order valence-corrected chi connectivity index (χ0v) is 15.2. The summed E-state index contributed by atoms with van der Waals surface area (Å²) in [5.74, 6) is 0.719. The molecule has 0 N–H and O–H groups in total. The van der Waals surface area contributed by atoms with Crippen LogP contribution in [0.25, 0.3) is 0 Å². The number of methoxy groups -OCH3 is 1. The van der Waals surface area contributed by atoms with Crippen molar-refractivity contribution in [2.45, 2.75) is 18.7 Å². The molecule has 2 heterocycles. The first-order valence-corrected chi connectivity index (χ1v) is 9.04. The molecule has 0 aromatic heterocycles. The average molecular weight is 366 g/mol. The van der Waals surface area contributed by atoms with Gasteiger partial charge in [-0.05, 0) is 29.8 Å². The Balaban J connectivity index is 1.50. The van der Waals surface area contributed by atoms with Gasteiger partial charge in [0.1, 0.15) is 12.4 Å². The first-order chi connectivity index (χ1) is 13.2. The van der Waals surface area contributed by atoms with Crippen LogP contribution in [-0.4, -0.2) is 60.6 Å². The maximum atomic E-state index is 12.8. The van der Waals surface area contributed by atoms with Crippen LogP contribution in [0.4, 0.5) is 0 Å². The van der Waals surface area contributed by atoms with Gasteiger partial charge < -0.3 is 19.3 Å². The molecule has 140 valence electrons. The molecule has 2 amide bonds. The fourth-order valence-electron chi connectivity index (χ4n) is 3.73. The Bertz CT molecular complexity index is 822. The highest BCUT2D eigenvalue weighted by Crippen LogP contribution is 2.27. The van der Waals surface area contributed by atoms with Gasteiger partial charge in [0, 0.05) is 25.2 Å². The Morgan fingerprint density at radius 2 is 1.85 bits per heavy atom. The largest absolute Gasteiger partial charge is 0.497 e. The Hall–Kier alpha value is -2.86. The molecule has 0 aliphatic carbocycles. The van der Waals surface area contributed by atoms with Crippen molar-refractivity contribution >= 4 is 11.8 Å². The number of benzene rings is 2. The number of fused-ring (bicyclic) bond motifs is 1. The van der Waals surface area contributed by atoms with Crippen LogP contribution in [-0.2, 0) is 16.1 Å². The van der Waals surface area contributed by atoms with Gasteiger partial charge in [0.15, 0.2) is 0 Å². The van der Waals surface area contributed by atoms with Crippen LogP contribution in [0, 0.1) is 0 Å². The highest BCUT2D eigenvalue weighted by atomic mass is 16.5. The van der Waals surface area contributed by atoms with Crippen molar-refractivity contribution < 1.29 is 19.1 Å². The number of carbonyl (C=O) groups excluding carboxylic acids is 2. The molecule has 27 heavy (non-hydrogen) atoms. The summed E-state index contributed by atoms with van der Waals surface area (Å²) >= 11 is 0. The number of likely N-dealkylation sites (tertiary alicyclic amines) is 1. The quantitative estimate of drug-likeness (QED) is 0.830. The molecule has 2 atom stereocenters. The number of ether oxygens (including phenoxy) is 2. The molecule has 0 radical (unpaired) electrons. The SMILES string of the molecule is COc1ccc(CN2C(=O)CO[C@H]3CN(C(=O)c4ccccc4)C[C@H]32)cc1. The summed E-state index contributed by atoms with van der Waals surface area (Å²) in [6.07, 6.45) is -0.145. The molecular formula is C21H22N2O4. The predicted molar refractivity (Wildman–Crippen MR) is 99.4 cm³/mol. The summed E-state index contributed by atoms with van der Waals surface area (Å²) in [6, 6.07) is 16.8. The van der Waals surface area contributed by atoms with E-state index in [0.717, 1.165) is 11.3 Å². The lowest BCUT2D eigenvalue weighted by Crippen LogP contribution is -2.53. The lowest BCUT2D eigenvalue weighted by atomic mass is 10.1. The number of rotatable bonds is 4. The zero-order valence-electron chi connectivity index (χ0n) is 15.2. The van der Waals surface area contributed by atoms with Crippen LogP contribution in [0.1, 0.15) is 15.9 Å². The minimum absolute atomic E-state index is 0.0227. The zero-order chi connectivity index (χ0) is 18.8. The monoisotopic (exact) mass is 366 g/mol. The predicted octanol–water partition coefficient (Wildman–Crippen LogP) is 1.95. The van der Waals surface area contributed by atoms with Gasteiger partial charge in [0.05, 0.1) is 19.3 Å². The Morgan fingerprint density at radius 1 is 1.11 bits per heavy atom. The van der Waals surface area contributed by atoms with Crippen molar-refractivity contribution in [2.24, 2.45) is 0 Å². The van der Waals surface area contributed by atoms with Crippen LogP contribution < -0.4 is 4.74 Å². The van der Waals surface area contributed by atoms with Gasteiger partial charge in [-0.1, -0.05) is 30.3 Å². The molecule has 4 rings (SSSR count). The van der Waals surface area contributed by atoms with Crippen LogP contribution in [0.2, 0.25) is 0 Å². The van der Waals surface area contributed by atoms with E-state index in [1.807, 2.05) is 59.5 Å². The highest BCUT2D eigenvalue weighted by Gasteiger charge is 2.44. The van der Waals surface area contributed by atoms with Gasteiger partial charge in [0.2, 0.25) is 5.91 Å². The third-order valence-corrected chi connectivity index (χ3v) is 5.20. The summed E-state index contributed by atoms with van der Waals surface area (Å²) in [5.41, 5.74) is 1.68. The number of hydrogen-bond acceptors (Lipinski definition) is 4. The van der Waals surface area contributed by atoms with E-state index in [2.05, 4.69) is 0 Å². The van der Waals surface area contributed by atoms with Crippen molar-refractivity contribution in [3.63, 3.8) is 0 Å². The lowest BCUT2D eigenvalue weighted by molar-refractivity contribution is -0.153. The summed E-state index contributed by atoms with van der Waals surface area (Å²) in [6.45, 7) is 1.55. The standard InChI is InChI=1S/C21H22N2O4/c1-26-17-9-7-15(8-10-17)11-23-18-12-22(13-19(18)27-14-20(23)24)21(25)16-5-3-2-4-6-16/h2-10,18-19H,11-14H2,1H3/t18-,19+/m1/s1. The molecule has 0 saturated carbocycles. The van der Waals surface area contributed by atoms with E-state index in [0.29, 0.717) is 25.2 Å². The molecule has 2 aliphatic rings. The fraction of sp³-hybridized carbons (Fsp3) is 0.333. The normalized spacial score (nSPS) is 21.9. The highest BCUT2D eigenvalue weighted by molar-refractivity contribution is 5.94. The van der Waals surface area contributed by atoms with Crippen molar-refractivity contribution in [2.75, 3.05) is 26.8 Å². The molecule has 0 unspecified atom stereocenters. The molecule has 2 aliphatic heterocycles. The Kier molecular flexibility index (Phi) is 4.81. The maximum absolute atomic E-state index is 12.8. The van der Waals surface area contributed by atoms with Gasteiger partial charge in [0.25, 0.3) is 5.91 Å². The van der Waals surface area contributed by atoms with E-state index >= 15 is 0 Å². The molecular weight excluding hydrogens is 344 g/mol. The molecule has 2 fully saturated rings. The summed E-state index contributed by atoms with van der Waals surface area (Å²) in [7, 11) is 1.63. The molecule has 2 aromatic rings. The fourth-order valence-corrected chi connectivity index (χ4v) is 3.73. The first-order valence-electron chi connectivity index (χ1n) is 9.04. The van der Waals surface area contributed by atoms with Crippen LogP contribution >= 0.6 is 0 Å². The van der Waals surface area contributed by atoms with E-state index in [4.69, 9.17) is 9.47 Å². The van der Waals surface area contributed by atoms with Crippen LogP contribution in [0.5, 0.6) is 5.75 Å². The second-order valence-corrected chi connectivity index (χ2v) is 6.86. The molecule has 2 aromatic carbocycles. The Morgan fingerprint density at radius 3 is 2.56 bits per heavy atom. The van der Waals surface area contributed by atoms with Gasteiger partial charge in [-0.3, -0.25) is 9.59 Å². The molecule has 0 spiro atoms. The number of amides is 2. The van der Waals surface area contributed by atoms with E-state index in [1.54, 1.807) is 12.0 Å². The van der Waals surface area contributed by atoms with Crippen molar-refractivity contribution in [3.05, 3.63) is 65.7 Å². The van der Waals surface area contributed by atoms with Crippen molar-refractivity contribution in [1.82, 2.24) is 9.80 Å². The van der Waals surface area contributed by atoms with Crippen LogP contribution in [0.15, 0.2) is 54.6 Å². The summed E-state index contributed by atoms with van der Waals surface area (Å²) < 4.78 is 10.9. The van der Waals surface area contributed by atoms with E-state index in [-0.39, 0.29) is 30.6 Å². The molecule has 6 nitrogen and oxygen atoms in total. The minimum Gasteiger partial charge on any atom is -0.497 e. The third kappa shape index (κ3) is 3.53. The van der Waals surface area contributed by atoms with Crippen LogP contribution in [0.3, 0.4) is 0 Å².